The lowest BCUT2D eigenvalue weighted by Crippen LogP contribution is -2.66. The number of carbonyl (C=O) groups excluding carboxylic acids is 2. The minimum atomic E-state index is -0.597. The van der Waals surface area contributed by atoms with Crippen LogP contribution in [0.3, 0.4) is 0 Å². The Balaban J connectivity index is 1.57. The molecule has 39 heavy (non-hydrogen) atoms. The maximum Gasteiger partial charge on any atom is 0.408 e. The number of nitrogens with one attached hydrogen (secondary N) is 1. The second-order valence-electron chi connectivity index (χ2n) is 16.7. The van der Waals surface area contributed by atoms with Gasteiger partial charge >= 0.3 is 6.09 Å². The van der Waals surface area contributed by atoms with E-state index in [0.29, 0.717) is 29.6 Å². The van der Waals surface area contributed by atoms with E-state index in [0.717, 1.165) is 24.8 Å². The van der Waals surface area contributed by atoms with E-state index >= 15 is 0 Å². The highest BCUT2D eigenvalue weighted by atomic mass is 16.6. The normalized spacial score (nSPS) is 43.2. The van der Waals surface area contributed by atoms with Gasteiger partial charge in [-0.2, -0.15) is 0 Å². The van der Waals surface area contributed by atoms with Gasteiger partial charge in [0.15, 0.2) is 5.78 Å². The standard InChI is InChI=1S/C35H55NO3/c1-21(2)27-24(37)20-35(36-29(38)39-30(4,5)6)19-18-33(10)23(28(27)35)12-13-26-32(9)16-14-22(3)31(7,8)25(32)15-17-34(26,33)11/h14,21,23,25-26H,12-13,15-20H2,1-11H3,(H,36,38)/t23-,25+,26-,32+,33-,34-,35-/m1/s1. The Morgan fingerprint density at radius 2 is 1.64 bits per heavy atom. The van der Waals surface area contributed by atoms with Crippen LogP contribution in [0.15, 0.2) is 22.8 Å². The summed E-state index contributed by atoms with van der Waals surface area (Å²) in [6, 6.07) is 0. The highest BCUT2D eigenvalue weighted by molar-refractivity contribution is 6.02. The number of fused-ring (bicyclic) bond motifs is 7. The van der Waals surface area contributed by atoms with Crippen LogP contribution >= 0.6 is 0 Å². The topological polar surface area (TPSA) is 55.4 Å². The van der Waals surface area contributed by atoms with Crippen molar-refractivity contribution in [2.45, 2.75) is 139 Å². The summed E-state index contributed by atoms with van der Waals surface area (Å²) in [5.41, 5.74) is 3.52. The molecule has 0 saturated heterocycles. The Labute approximate surface area is 238 Å². The summed E-state index contributed by atoms with van der Waals surface area (Å²) < 4.78 is 5.75. The minimum absolute atomic E-state index is 0.101. The molecule has 5 aliphatic carbocycles. The van der Waals surface area contributed by atoms with Gasteiger partial charge in [-0.3, -0.25) is 4.79 Å². The molecular weight excluding hydrogens is 482 g/mol. The molecule has 3 saturated carbocycles. The molecule has 0 aliphatic heterocycles. The van der Waals surface area contributed by atoms with E-state index in [1.54, 1.807) is 5.57 Å². The number of ether oxygens (including phenoxy) is 1. The van der Waals surface area contributed by atoms with Gasteiger partial charge < -0.3 is 10.1 Å². The number of hydrogen-bond acceptors (Lipinski definition) is 3. The summed E-state index contributed by atoms with van der Waals surface area (Å²) in [4.78, 5) is 26.9. The van der Waals surface area contributed by atoms with Gasteiger partial charge in [-0.15, -0.1) is 0 Å². The van der Waals surface area contributed by atoms with E-state index in [9.17, 15) is 9.59 Å². The molecule has 0 unspecified atom stereocenters. The van der Waals surface area contributed by atoms with Gasteiger partial charge in [-0.05, 0) is 129 Å². The molecule has 0 aromatic rings. The first-order chi connectivity index (χ1) is 17.8. The maximum atomic E-state index is 13.7. The van der Waals surface area contributed by atoms with E-state index in [1.165, 1.54) is 31.3 Å². The fraction of sp³-hybridized carbons (Fsp3) is 0.829. The van der Waals surface area contributed by atoms with E-state index in [-0.39, 0.29) is 34.0 Å². The maximum absolute atomic E-state index is 13.7. The molecule has 0 radical (unpaired) electrons. The van der Waals surface area contributed by atoms with Crippen LogP contribution in [0.2, 0.25) is 0 Å². The molecule has 4 nitrogen and oxygen atoms in total. The van der Waals surface area contributed by atoms with Gasteiger partial charge in [0.2, 0.25) is 0 Å². The fourth-order valence-electron chi connectivity index (χ4n) is 11.0. The number of carbonyl (C=O) groups is 2. The summed E-state index contributed by atoms with van der Waals surface area (Å²) in [6.07, 6.45) is 10.5. The van der Waals surface area contributed by atoms with Gasteiger partial charge in [-0.1, -0.05) is 60.1 Å². The summed E-state index contributed by atoms with van der Waals surface area (Å²) >= 11 is 0. The monoisotopic (exact) mass is 537 g/mol. The van der Waals surface area contributed by atoms with Crippen molar-refractivity contribution in [1.82, 2.24) is 5.32 Å². The first kappa shape index (κ1) is 28.9. The average Bonchev–Trinajstić information content (AvgIpc) is 3.07. The zero-order valence-corrected chi connectivity index (χ0v) is 26.8. The summed E-state index contributed by atoms with van der Waals surface area (Å²) in [7, 11) is 0. The molecule has 0 aromatic heterocycles. The van der Waals surface area contributed by atoms with Crippen molar-refractivity contribution in [3.8, 4) is 0 Å². The molecule has 3 fully saturated rings. The van der Waals surface area contributed by atoms with Crippen LogP contribution in [0.5, 0.6) is 0 Å². The third-order valence-corrected chi connectivity index (χ3v) is 13.2. The zero-order valence-electron chi connectivity index (χ0n) is 26.8. The van der Waals surface area contributed by atoms with Crippen molar-refractivity contribution in [2.24, 2.45) is 45.3 Å². The molecule has 1 N–H and O–H groups in total. The Bertz CT molecular complexity index is 1140. The molecule has 0 aromatic carbocycles. The number of Topliss-reactive ketones (excluding diaryl/α,β-unsaturated/α-hetero) is 1. The van der Waals surface area contributed by atoms with Crippen molar-refractivity contribution in [2.75, 3.05) is 0 Å². The number of rotatable bonds is 2. The first-order valence-corrected chi connectivity index (χ1v) is 15.8. The van der Waals surface area contributed by atoms with Crippen molar-refractivity contribution in [3.63, 3.8) is 0 Å². The highest BCUT2D eigenvalue weighted by Crippen LogP contribution is 2.75. The predicted octanol–water partition coefficient (Wildman–Crippen LogP) is 8.80. The molecule has 0 heterocycles. The van der Waals surface area contributed by atoms with E-state index < -0.39 is 11.1 Å². The predicted molar refractivity (Wildman–Crippen MR) is 158 cm³/mol. The SMILES string of the molecule is CC1=CC[C@]2(C)[C@H]3CC[C@@H]4C5=C(C(C)C)C(=O)C[C@]5(NC(=O)OC(C)(C)C)CC[C@@]4(C)[C@]3(C)CC[C@H]2C1(C)C. The van der Waals surface area contributed by atoms with Crippen molar-refractivity contribution >= 4 is 11.9 Å². The number of alkyl carbamates (subject to hydrolysis) is 1. The lowest BCUT2D eigenvalue weighted by atomic mass is 9.33. The van der Waals surface area contributed by atoms with Gasteiger partial charge in [0.05, 0.1) is 5.54 Å². The minimum Gasteiger partial charge on any atom is -0.444 e. The summed E-state index contributed by atoms with van der Waals surface area (Å²) in [5, 5.41) is 3.32. The second-order valence-corrected chi connectivity index (χ2v) is 16.7. The van der Waals surface area contributed by atoms with Crippen molar-refractivity contribution in [1.29, 1.82) is 0 Å². The molecule has 1 amide bonds. The van der Waals surface area contributed by atoms with Gasteiger partial charge in [0.25, 0.3) is 0 Å². The molecular formula is C35H55NO3. The van der Waals surface area contributed by atoms with Crippen LogP contribution in [0.1, 0.15) is 128 Å². The molecule has 0 spiro atoms. The number of amides is 1. The fourth-order valence-corrected chi connectivity index (χ4v) is 11.0. The zero-order chi connectivity index (χ0) is 29.0. The van der Waals surface area contributed by atoms with Crippen LogP contribution < -0.4 is 5.32 Å². The van der Waals surface area contributed by atoms with Crippen molar-refractivity contribution < 1.29 is 14.3 Å². The highest BCUT2D eigenvalue weighted by Gasteiger charge is 2.69. The van der Waals surface area contributed by atoms with Crippen LogP contribution in [0.25, 0.3) is 0 Å². The molecule has 5 aliphatic rings. The van der Waals surface area contributed by atoms with E-state index in [4.69, 9.17) is 4.74 Å². The first-order valence-electron chi connectivity index (χ1n) is 15.8. The lowest BCUT2D eigenvalue weighted by molar-refractivity contribution is -0.196. The van der Waals surface area contributed by atoms with Crippen molar-refractivity contribution in [3.05, 3.63) is 22.8 Å². The number of allylic oxidation sites excluding steroid dienone is 3. The van der Waals surface area contributed by atoms with E-state index in [2.05, 4.69) is 66.8 Å². The number of ketones is 1. The third kappa shape index (κ3) is 3.96. The molecule has 5 rings (SSSR count). The van der Waals surface area contributed by atoms with Crippen LogP contribution in [-0.2, 0) is 9.53 Å². The molecule has 0 bridgehead atoms. The quantitative estimate of drug-likeness (QED) is 0.358. The molecule has 4 heteroatoms. The Kier molecular flexibility index (Phi) is 6.46. The van der Waals surface area contributed by atoms with Crippen LogP contribution in [-0.4, -0.2) is 23.0 Å². The Morgan fingerprint density at radius 1 is 0.974 bits per heavy atom. The van der Waals surface area contributed by atoms with Gasteiger partial charge in [0.1, 0.15) is 5.60 Å². The van der Waals surface area contributed by atoms with E-state index in [1.807, 2.05) is 20.8 Å². The summed E-state index contributed by atoms with van der Waals surface area (Å²) in [5.74, 6) is 2.09. The Hall–Kier alpha value is -1.58. The summed E-state index contributed by atoms with van der Waals surface area (Å²) in [6.45, 7) is 25.1. The van der Waals surface area contributed by atoms with Gasteiger partial charge in [-0.25, -0.2) is 4.79 Å². The smallest absolute Gasteiger partial charge is 0.408 e. The lowest BCUT2D eigenvalue weighted by Gasteiger charge is -2.71. The Morgan fingerprint density at radius 3 is 2.26 bits per heavy atom. The number of hydrogen-bond donors (Lipinski definition) is 1. The second kappa shape index (κ2) is 8.71. The van der Waals surface area contributed by atoms with Crippen LogP contribution in [0, 0.1) is 45.3 Å². The average molecular weight is 538 g/mol. The largest absolute Gasteiger partial charge is 0.444 e. The third-order valence-electron chi connectivity index (χ3n) is 13.2. The van der Waals surface area contributed by atoms with Crippen LogP contribution in [0.4, 0.5) is 4.79 Å². The van der Waals surface area contributed by atoms with Gasteiger partial charge in [0, 0.05) is 6.42 Å². The molecule has 7 atom stereocenters. The molecule has 218 valence electrons.